The van der Waals surface area contributed by atoms with Crippen LogP contribution in [0.3, 0.4) is 0 Å². The number of rotatable bonds is 4. The van der Waals surface area contributed by atoms with Gasteiger partial charge in [-0.25, -0.2) is 8.42 Å². The third kappa shape index (κ3) is 3.19. The van der Waals surface area contributed by atoms with E-state index < -0.39 is 33.1 Å². The minimum absolute atomic E-state index is 0.0835. The number of aliphatic hydroxyl groups is 1. The topological polar surface area (TPSA) is 127 Å². The Bertz CT molecular complexity index is 747. The molecular formula is C13H16N2O7S. The summed E-state index contributed by atoms with van der Waals surface area (Å²) < 4.78 is 31.0. The van der Waals surface area contributed by atoms with Gasteiger partial charge in [0.15, 0.2) is 0 Å². The summed E-state index contributed by atoms with van der Waals surface area (Å²) in [6.45, 7) is 1.22. The zero-order valence-electron chi connectivity index (χ0n) is 12.5. The van der Waals surface area contributed by atoms with Gasteiger partial charge in [-0.15, -0.1) is 0 Å². The fourth-order valence-corrected chi connectivity index (χ4v) is 4.38. The number of hydrogen-bond donors (Lipinski definition) is 1. The van der Waals surface area contributed by atoms with E-state index in [2.05, 4.69) is 4.74 Å². The van der Waals surface area contributed by atoms with Gasteiger partial charge in [0, 0.05) is 25.1 Å². The number of nitro groups is 1. The van der Waals surface area contributed by atoms with Crippen LogP contribution in [0.15, 0.2) is 23.1 Å². The Hall–Kier alpha value is -2.04. The number of nitro benzene ring substituents is 1. The van der Waals surface area contributed by atoms with Crippen molar-refractivity contribution in [2.24, 2.45) is 0 Å². The number of benzene rings is 1. The molecule has 126 valence electrons. The highest BCUT2D eigenvalue weighted by Crippen LogP contribution is 2.30. The quantitative estimate of drug-likeness (QED) is 0.469. The maximum atomic E-state index is 12.8. The lowest BCUT2D eigenvalue weighted by Gasteiger charge is -2.22. The molecule has 1 N–H and O–H groups in total. The summed E-state index contributed by atoms with van der Waals surface area (Å²) in [4.78, 5) is 21.7. The zero-order chi connectivity index (χ0) is 17.4. The standard InChI is InChI=1S/C13H16N2O7S/c1-8-3-4-9(15(18)19)5-12(8)23(20,21)14-7-10(16)6-11(14)13(17)22-2/h3-5,10-11,16H,6-7H2,1-2H3/t10-,11-/m0/s1. The van der Waals surface area contributed by atoms with Gasteiger partial charge in [-0.1, -0.05) is 6.07 Å². The third-order valence-corrected chi connectivity index (χ3v) is 5.69. The van der Waals surface area contributed by atoms with Crippen molar-refractivity contribution in [1.29, 1.82) is 0 Å². The van der Waals surface area contributed by atoms with Crippen molar-refractivity contribution < 1.29 is 28.0 Å². The fraction of sp³-hybridized carbons (Fsp3) is 0.462. The number of hydrogen-bond acceptors (Lipinski definition) is 7. The molecule has 0 aromatic heterocycles. The molecule has 0 aliphatic carbocycles. The van der Waals surface area contributed by atoms with Gasteiger partial charge in [0.05, 0.1) is 23.0 Å². The maximum absolute atomic E-state index is 12.8. The van der Waals surface area contributed by atoms with Crippen LogP contribution in [-0.2, 0) is 19.6 Å². The van der Waals surface area contributed by atoms with E-state index in [0.717, 1.165) is 17.5 Å². The third-order valence-electron chi connectivity index (χ3n) is 3.68. The van der Waals surface area contributed by atoms with E-state index in [1.807, 2.05) is 0 Å². The van der Waals surface area contributed by atoms with Crippen LogP contribution < -0.4 is 0 Å². The molecule has 0 unspecified atom stereocenters. The molecule has 0 amide bonds. The molecule has 1 aromatic rings. The van der Waals surface area contributed by atoms with E-state index in [4.69, 9.17) is 0 Å². The van der Waals surface area contributed by atoms with Crippen molar-refractivity contribution in [3.8, 4) is 0 Å². The van der Waals surface area contributed by atoms with E-state index in [-0.39, 0.29) is 23.5 Å². The monoisotopic (exact) mass is 344 g/mol. The Labute approximate surface area is 132 Å². The molecule has 0 bridgehead atoms. The first kappa shape index (κ1) is 17.3. The second-order valence-corrected chi connectivity index (χ2v) is 7.07. The largest absolute Gasteiger partial charge is 0.468 e. The first-order valence-corrected chi connectivity index (χ1v) is 8.15. The molecule has 2 atom stereocenters. The van der Waals surface area contributed by atoms with Crippen LogP contribution in [0.5, 0.6) is 0 Å². The lowest BCUT2D eigenvalue weighted by Crippen LogP contribution is -2.41. The molecule has 1 aliphatic rings. The summed E-state index contributed by atoms with van der Waals surface area (Å²) in [7, 11) is -3.07. The molecule has 23 heavy (non-hydrogen) atoms. The smallest absolute Gasteiger partial charge is 0.324 e. The number of aliphatic hydroxyl groups excluding tert-OH is 1. The predicted molar refractivity (Wildman–Crippen MR) is 78.2 cm³/mol. The number of carbonyl (C=O) groups excluding carboxylic acids is 1. The molecule has 1 fully saturated rings. The number of aryl methyl sites for hydroxylation is 1. The van der Waals surface area contributed by atoms with Crippen LogP contribution >= 0.6 is 0 Å². The summed E-state index contributed by atoms with van der Waals surface area (Å²) >= 11 is 0. The molecule has 0 saturated carbocycles. The van der Waals surface area contributed by atoms with Crippen molar-refractivity contribution >= 4 is 21.7 Å². The number of β-amino-alcohol motifs (C(OH)–C–C–N with tert-alkyl or cyclic N) is 1. The molecule has 0 spiro atoms. The SMILES string of the molecule is COC(=O)[C@@H]1C[C@H](O)CN1S(=O)(=O)c1cc([N+](=O)[O-])ccc1C. The van der Waals surface area contributed by atoms with Crippen molar-refractivity contribution in [2.75, 3.05) is 13.7 Å². The number of methoxy groups -OCH3 is 1. The van der Waals surface area contributed by atoms with E-state index in [0.29, 0.717) is 5.56 Å². The normalized spacial score (nSPS) is 22.0. The lowest BCUT2D eigenvalue weighted by molar-refractivity contribution is -0.385. The summed E-state index contributed by atoms with van der Waals surface area (Å²) in [5.74, 6) is -0.784. The average molecular weight is 344 g/mol. The number of non-ortho nitro benzene ring substituents is 1. The van der Waals surface area contributed by atoms with Crippen molar-refractivity contribution in [1.82, 2.24) is 4.31 Å². The highest BCUT2D eigenvalue weighted by molar-refractivity contribution is 7.89. The summed E-state index contributed by atoms with van der Waals surface area (Å²) in [6.07, 6.45) is -1.09. The molecule has 0 radical (unpaired) electrons. The molecule has 10 heteroatoms. The summed E-state index contributed by atoms with van der Waals surface area (Å²) in [5.41, 5.74) is -0.0656. The van der Waals surface area contributed by atoms with Gasteiger partial charge in [0.1, 0.15) is 6.04 Å². The Morgan fingerprint density at radius 2 is 2.13 bits per heavy atom. The Morgan fingerprint density at radius 3 is 2.70 bits per heavy atom. The van der Waals surface area contributed by atoms with Crippen LogP contribution in [0.1, 0.15) is 12.0 Å². The second-order valence-electron chi connectivity index (χ2n) is 5.21. The van der Waals surface area contributed by atoms with Gasteiger partial charge in [0.2, 0.25) is 10.0 Å². The van der Waals surface area contributed by atoms with Gasteiger partial charge < -0.3 is 9.84 Å². The molecule has 1 saturated heterocycles. The highest BCUT2D eigenvalue weighted by Gasteiger charge is 2.44. The summed E-state index contributed by atoms with van der Waals surface area (Å²) in [5, 5.41) is 20.6. The summed E-state index contributed by atoms with van der Waals surface area (Å²) in [6, 6.07) is 2.32. The zero-order valence-corrected chi connectivity index (χ0v) is 13.3. The van der Waals surface area contributed by atoms with Crippen LogP contribution in [0.25, 0.3) is 0 Å². The molecule has 1 aromatic carbocycles. The minimum atomic E-state index is -4.19. The van der Waals surface area contributed by atoms with Gasteiger partial charge >= 0.3 is 5.97 Å². The van der Waals surface area contributed by atoms with E-state index in [1.54, 1.807) is 0 Å². The van der Waals surface area contributed by atoms with Crippen LogP contribution in [-0.4, -0.2) is 54.5 Å². The number of ether oxygens (including phenoxy) is 1. The second kappa shape index (κ2) is 6.22. The Morgan fingerprint density at radius 1 is 1.48 bits per heavy atom. The highest BCUT2D eigenvalue weighted by atomic mass is 32.2. The van der Waals surface area contributed by atoms with E-state index in [1.165, 1.54) is 19.1 Å². The molecule has 9 nitrogen and oxygen atoms in total. The number of nitrogens with zero attached hydrogens (tertiary/aromatic N) is 2. The van der Waals surface area contributed by atoms with Gasteiger partial charge in [-0.05, 0) is 12.5 Å². The van der Waals surface area contributed by atoms with E-state index in [9.17, 15) is 28.4 Å². The predicted octanol–water partition coefficient (Wildman–Crippen LogP) is 0.200. The van der Waals surface area contributed by atoms with Gasteiger partial charge in [-0.2, -0.15) is 4.31 Å². The average Bonchev–Trinajstić information content (AvgIpc) is 2.89. The number of esters is 1. The van der Waals surface area contributed by atoms with E-state index >= 15 is 0 Å². The first-order valence-electron chi connectivity index (χ1n) is 6.71. The van der Waals surface area contributed by atoms with Gasteiger partial charge in [-0.3, -0.25) is 14.9 Å². The van der Waals surface area contributed by atoms with Gasteiger partial charge in [0.25, 0.3) is 5.69 Å². The minimum Gasteiger partial charge on any atom is -0.468 e. The number of sulfonamides is 1. The molecule has 1 heterocycles. The lowest BCUT2D eigenvalue weighted by atomic mass is 10.2. The van der Waals surface area contributed by atoms with Crippen molar-refractivity contribution in [3.05, 3.63) is 33.9 Å². The van der Waals surface area contributed by atoms with Crippen molar-refractivity contribution in [3.63, 3.8) is 0 Å². The number of carbonyl (C=O) groups is 1. The first-order chi connectivity index (χ1) is 10.7. The maximum Gasteiger partial charge on any atom is 0.324 e. The van der Waals surface area contributed by atoms with Crippen LogP contribution in [0.2, 0.25) is 0 Å². The van der Waals surface area contributed by atoms with Crippen LogP contribution in [0, 0.1) is 17.0 Å². The molecule has 1 aliphatic heterocycles. The van der Waals surface area contributed by atoms with Crippen LogP contribution in [0.4, 0.5) is 5.69 Å². The molecule has 2 rings (SSSR count). The van der Waals surface area contributed by atoms with Crippen molar-refractivity contribution in [2.45, 2.75) is 30.4 Å². The Kier molecular flexibility index (Phi) is 4.68. The Balaban J connectivity index is 2.51. The molecular weight excluding hydrogens is 328 g/mol. The fourth-order valence-electron chi connectivity index (χ4n) is 2.51.